The molecule has 0 radical (unpaired) electrons. The minimum absolute atomic E-state index is 0.0169. The van der Waals surface area contributed by atoms with Crippen molar-refractivity contribution in [3.63, 3.8) is 0 Å². The Morgan fingerprint density at radius 3 is 2.63 bits per heavy atom. The fourth-order valence-electron chi connectivity index (χ4n) is 7.29. The van der Waals surface area contributed by atoms with E-state index in [2.05, 4.69) is 22.6 Å². The predicted octanol–water partition coefficient (Wildman–Crippen LogP) is 7.24. The van der Waals surface area contributed by atoms with Gasteiger partial charge in [-0.05, 0) is 73.9 Å². The number of fused-ring (bicyclic) bond motifs is 3. The van der Waals surface area contributed by atoms with E-state index in [0.717, 1.165) is 37.7 Å². The van der Waals surface area contributed by atoms with Crippen molar-refractivity contribution in [3.8, 4) is 10.9 Å². The first-order valence-corrected chi connectivity index (χ1v) is 18.0. The first-order chi connectivity index (χ1) is 23.9. The number of para-hydroxylation sites is 1. The number of nitrogens with zero attached hydrogens (tertiary/aromatic N) is 2. The SMILES string of the molecule is O=C1C[C@]2(C(=O)NOc3ccccc3)C[C@@H]2/C=C\CCCCC[C@H](Cc2ccccc2)C(=O)N2C[C@H](Oc3nc4ccc(F)cc4s3)C[C@@H]12. The number of Topliss-reactive ketones (excluding diaryl/α,β-unsaturated/α-hetero) is 1. The maximum atomic E-state index is 14.5. The number of carbonyl (C=O) groups is 3. The molecule has 3 heterocycles. The van der Waals surface area contributed by atoms with E-state index in [1.807, 2.05) is 48.5 Å². The molecule has 1 saturated carbocycles. The molecule has 49 heavy (non-hydrogen) atoms. The van der Waals surface area contributed by atoms with E-state index in [4.69, 9.17) is 9.57 Å². The molecule has 1 N–H and O–H groups in total. The smallest absolute Gasteiger partial charge is 0.274 e. The van der Waals surface area contributed by atoms with Gasteiger partial charge < -0.3 is 14.5 Å². The number of benzene rings is 3. The van der Waals surface area contributed by atoms with Gasteiger partial charge in [0, 0.05) is 18.8 Å². The molecule has 1 aromatic heterocycles. The van der Waals surface area contributed by atoms with Crippen LogP contribution in [0.15, 0.2) is 91.0 Å². The van der Waals surface area contributed by atoms with Crippen LogP contribution in [0.1, 0.15) is 56.9 Å². The minimum Gasteiger partial charge on any atom is -0.465 e. The molecule has 1 aliphatic carbocycles. The minimum atomic E-state index is -0.962. The Bertz CT molecular complexity index is 1830. The fourth-order valence-corrected chi connectivity index (χ4v) is 8.20. The lowest BCUT2D eigenvalue weighted by Crippen LogP contribution is -2.46. The van der Waals surface area contributed by atoms with Crippen LogP contribution >= 0.6 is 11.3 Å². The Hall–Kier alpha value is -4.57. The molecule has 8 nitrogen and oxygen atoms in total. The van der Waals surface area contributed by atoms with E-state index in [9.17, 15) is 18.8 Å². The number of amides is 2. The second-order valence-corrected chi connectivity index (χ2v) is 14.5. The molecule has 0 unspecified atom stereocenters. The lowest BCUT2D eigenvalue weighted by Gasteiger charge is -2.29. The molecule has 7 rings (SSSR count). The summed E-state index contributed by atoms with van der Waals surface area (Å²) >= 11 is 1.24. The van der Waals surface area contributed by atoms with Crippen LogP contribution in [-0.2, 0) is 20.8 Å². The van der Waals surface area contributed by atoms with Gasteiger partial charge in [0.05, 0.1) is 28.2 Å². The summed E-state index contributed by atoms with van der Waals surface area (Å²) in [5, 5.41) is 0.371. The van der Waals surface area contributed by atoms with Crippen molar-refractivity contribution in [1.82, 2.24) is 15.4 Å². The van der Waals surface area contributed by atoms with E-state index in [-0.39, 0.29) is 54.6 Å². The molecule has 10 heteroatoms. The first kappa shape index (κ1) is 33.0. The molecule has 2 aliphatic heterocycles. The van der Waals surface area contributed by atoms with Crippen molar-refractivity contribution >= 4 is 39.2 Å². The van der Waals surface area contributed by atoms with Crippen LogP contribution in [0.4, 0.5) is 4.39 Å². The Labute approximate surface area is 289 Å². The average molecular weight is 682 g/mol. The summed E-state index contributed by atoms with van der Waals surface area (Å²) < 4.78 is 20.9. The van der Waals surface area contributed by atoms with Crippen molar-refractivity contribution in [1.29, 1.82) is 0 Å². The molecule has 3 aliphatic rings. The zero-order valence-electron chi connectivity index (χ0n) is 27.3. The number of thiazole rings is 1. The van der Waals surface area contributed by atoms with Crippen LogP contribution in [0.5, 0.6) is 10.9 Å². The molecule has 1 saturated heterocycles. The summed E-state index contributed by atoms with van der Waals surface area (Å²) in [7, 11) is 0. The topological polar surface area (TPSA) is 97.8 Å². The zero-order chi connectivity index (χ0) is 33.8. The number of hydrogen-bond donors (Lipinski definition) is 1. The molecular weight excluding hydrogens is 642 g/mol. The quantitative estimate of drug-likeness (QED) is 0.163. The normalized spacial score (nSPS) is 26.6. The first-order valence-electron chi connectivity index (χ1n) is 17.2. The number of ketones is 1. The summed E-state index contributed by atoms with van der Waals surface area (Å²) in [4.78, 5) is 54.5. The van der Waals surface area contributed by atoms with Gasteiger partial charge in [-0.1, -0.05) is 84.9 Å². The molecule has 0 bridgehead atoms. The summed E-state index contributed by atoms with van der Waals surface area (Å²) in [6.45, 7) is 0.227. The number of halogens is 1. The number of carbonyl (C=O) groups excluding carboxylic acids is 3. The van der Waals surface area contributed by atoms with Crippen LogP contribution in [0, 0.1) is 23.1 Å². The van der Waals surface area contributed by atoms with Gasteiger partial charge in [-0.15, -0.1) is 0 Å². The number of allylic oxidation sites excluding steroid dienone is 2. The number of aromatic nitrogens is 1. The Morgan fingerprint density at radius 1 is 1.02 bits per heavy atom. The third-order valence-electron chi connectivity index (χ3n) is 10.1. The third kappa shape index (κ3) is 7.54. The second kappa shape index (κ2) is 14.5. The molecule has 5 atom stereocenters. The molecule has 2 fully saturated rings. The average Bonchev–Trinajstić information content (AvgIpc) is 3.41. The van der Waals surface area contributed by atoms with E-state index < -0.39 is 17.6 Å². The van der Waals surface area contributed by atoms with Gasteiger partial charge in [0.1, 0.15) is 11.9 Å². The number of nitrogens with one attached hydrogen (secondary N) is 1. The molecule has 254 valence electrons. The lowest BCUT2D eigenvalue weighted by molar-refractivity contribution is -0.143. The monoisotopic (exact) mass is 681 g/mol. The van der Waals surface area contributed by atoms with Crippen molar-refractivity contribution in [2.24, 2.45) is 17.3 Å². The van der Waals surface area contributed by atoms with Crippen LogP contribution in [0.3, 0.4) is 0 Å². The summed E-state index contributed by atoms with van der Waals surface area (Å²) in [6.07, 6.45) is 9.56. The Kier molecular flexibility index (Phi) is 9.75. The van der Waals surface area contributed by atoms with Gasteiger partial charge in [0.25, 0.3) is 11.1 Å². The standard InChI is InChI=1S/C39H40FN3O5S/c40-29-18-19-32-35(21-29)49-38(41-32)47-31-22-33-34(44)24-39(37(46)42-48-30-16-10-5-11-17-30)23-28(39)15-9-3-1-2-8-14-27(36(45)43(33)25-31)20-26-12-6-4-7-13-26/h4-7,9-13,15-19,21,27-28,31,33H,1-3,8,14,20,22-25H2,(H,42,46)/b15-9-/t27-,28+,31-,33+,39-/m1/s1. The summed E-state index contributed by atoms with van der Waals surface area (Å²) in [6, 6.07) is 22.6. The van der Waals surface area contributed by atoms with Gasteiger partial charge in [-0.25, -0.2) is 9.37 Å². The van der Waals surface area contributed by atoms with Gasteiger partial charge in [0.15, 0.2) is 11.5 Å². The highest BCUT2D eigenvalue weighted by molar-refractivity contribution is 7.20. The van der Waals surface area contributed by atoms with Crippen LogP contribution in [0.25, 0.3) is 10.2 Å². The predicted molar refractivity (Wildman–Crippen MR) is 185 cm³/mol. The summed E-state index contributed by atoms with van der Waals surface area (Å²) in [5.74, 6) is -0.819. The van der Waals surface area contributed by atoms with Gasteiger partial charge >= 0.3 is 0 Å². The Morgan fingerprint density at radius 2 is 1.82 bits per heavy atom. The molecule has 2 amide bonds. The highest BCUT2D eigenvalue weighted by Crippen LogP contribution is 2.57. The number of hydrogen-bond acceptors (Lipinski definition) is 7. The molecular formula is C39H40FN3O5S. The largest absolute Gasteiger partial charge is 0.465 e. The lowest BCUT2D eigenvalue weighted by atomic mass is 9.90. The number of rotatable bonds is 7. The summed E-state index contributed by atoms with van der Waals surface area (Å²) in [5.41, 5.74) is 3.36. The molecule has 3 aromatic carbocycles. The van der Waals surface area contributed by atoms with E-state index in [1.165, 1.54) is 23.5 Å². The number of hydroxylamine groups is 1. The van der Waals surface area contributed by atoms with Gasteiger partial charge in [-0.2, -0.15) is 5.48 Å². The van der Waals surface area contributed by atoms with E-state index in [0.29, 0.717) is 34.0 Å². The second-order valence-electron chi connectivity index (χ2n) is 13.5. The van der Waals surface area contributed by atoms with Gasteiger partial charge in [0.2, 0.25) is 5.91 Å². The number of ether oxygens (including phenoxy) is 1. The fraction of sp³-hybridized carbons (Fsp3) is 0.385. The zero-order valence-corrected chi connectivity index (χ0v) is 28.1. The maximum absolute atomic E-state index is 14.5. The van der Waals surface area contributed by atoms with Crippen molar-refractivity contribution in [3.05, 3.63) is 102 Å². The maximum Gasteiger partial charge on any atom is 0.274 e. The van der Waals surface area contributed by atoms with Gasteiger partial charge in [-0.3, -0.25) is 14.4 Å². The van der Waals surface area contributed by atoms with Crippen molar-refractivity contribution < 1.29 is 28.3 Å². The Balaban J connectivity index is 1.16. The highest BCUT2D eigenvalue weighted by Gasteiger charge is 2.61. The highest BCUT2D eigenvalue weighted by atomic mass is 32.1. The van der Waals surface area contributed by atoms with Crippen LogP contribution in [-0.4, -0.2) is 46.2 Å². The molecule has 0 spiro atoms. The van der Waals surface area contributed by atoms with Crippen molar-refractivity contribution in [2.45, 2.75) is 69.9 Å². The molecule has 4 aromatic rings. The van der Waals surface area contributed by atoms with E-state index in [1.54, 1.807) is 23.1 Å². The van der Waals surface area contributed by atoms with Crippen LogP contribution < -0.4 is 15.1 Å². The van der Waals surface area contributed by atoms with E-state index >= 15 is 0 Å². The van der Waals surface area contributed by atoms with Crippen LogP contribution in [0.2, 0.25) is 0 Å². The van der Waals surface area contributed by atoms with Crippen molar-refractivity contribution in [2.75, 3.05) is 6.54 Å². The third-order valence-corrected chi connectivity index (χ3v) is 11.0.